The molecule has 3 N–H and O–H groups in total. The molecule has 2 aromatic carbocycles. The molecular weight excluding hydrogens is 298 g/mol. The molecule has 1 atom stereocenters. The average Bonchev–Trinajstić information content (AvgIpc) is 3.17. The van der Waals surface area contributed by atoms with Crippen molar-refractivity contribution < 1.29 is 0 Å². The summed E-state index contributed by atoms with van der Waals surface area (Å²) in [5.41, 5.74) is 4.99. The summed E-state index contributed by atoms with van der Waals surface area (Å²) in [4.78, 5) is 4.70. The van der Waals surface area contributed by atoms with Crippen LogP contribution in [0, 0.1) is 0 Å². The van der Waals surface area contributed by atoms with Crippen molar-refractivity contribution in [2.45, 2.75) is 12.1 Å². The maximum atomic E-state index is 4.70. The van der Waals surface area contributed by atoms with Crippen molar-refractivity contribution in [3.8, 4) is 11.1 Å². The molecule has 3 aromatic rings. The topological polar surface area (TPSA) is 65.1 Å². The number of benzene rings is 2. The van der Waals surface area contributed by atoms with Gasteiger partial charge in [-0.3, -0.25) is 15.4 Å². The van der Waals surface area contributed by atoms with Gasteiger partial charge in [-0.1, -0.05) is 36.4 Å². The lowest BCUT2D eigenvalue weighted by Crippen LogP contribution is -2.54. The quantitative estimate of drug-likeness (QED) is 0.691. The molecule has 0 radical (unpaired) electrons. The normalized spacial score (nSPS) is 18.9. The minimum absolute atomic E-state index is 0.383. The molecule has 0 amide bonds. The molecule has 4 rings (SSSR count). The van der Waals surface area contributed by atoms with E-state index in [1.54, 1.807) is 0 Å². The maximum Gasteiger partial charge on any atom is 0.129 e. The molecule has 5 nitrogen and oxygen atoms in total. The smallest absolute Gasteiger partial charge is 0.129 e. The number of H-pyrrole nitrogens is 1. The summed E-state index contributed by atoms with van der Waals surface area (Å²) in [5.74, 6) is 0. The monoisotopic (exact) mass is 317 g/mol. The zero-order valence-electron chi connectivity index (χ0n) is 13.5. The number of nitrogens with one attached hydrogen (secondary N) is 3. The highest BCUT2D eigenvalue weighted by Crippen LogP contribution is 2.35. The van der Waals surface area contributed by atoms with Crippen LogP contribution < -0.4 is 10.6 Å². The zero-order valence-corrected chi connectivity index (χ0v) is 13.5. The molecule has 0 saturated carbocycles. The van der Waals surface area contributed by atoms with Crippen LogP contribution in [-0.4, -0.2) is 29.1 Å². The Morgan fingerprint density at radius 2 is 1.96 bits per heavy atom. The summed E-state index contributed by atoms with van der Waals surface area (Å²) < 4.78 is 0. The number of hydrogen-bond donors (Lipinski definition) is 3. The van der Waals surface area contributed by atoms with E-state index < -0.39 is 0 Å². The van der Waals surface area contributed by atoms with Gasteiger partial charge >= 0.3 is 0 Å². The van der Waals surface area contributed by atoms with E-state index in [-0.39, 0.29) is 5.66 Å². The Hall–Kier alpha value is -2.92. The second-order valence-electron chi connectivity index (χ2n) is 5.99. The van der Waals surface area contributed by atoms with Gasteiger partial charge in [0.1, 0.15) is 5.66 Å². The van der Waals surface area contributed by atoms with Crippen LogP contribution in [0.1, 0.15) is 5.56 Å². The largest absolute Gasteiger partial charge is 0.361 e. The predicted octanol–water partition coefficient (Wildman–Crippen LogP) is 3.36. The Balaban J connectivity index is 1.64. The van der Waals surface area contributed by atoms with E-state index in [4.69, 9.17) is 4.99 Å². The SMILES string of the molecule is CNC1(Cc2ccccc2)C=Nc2cc(-c3cn[nH]c3)ccc2N1. The summed E-state index contributed by atoms with van der Waals surface area (Å²) in [6.07, 6.45) is 6.47. The molecule has 120 valence electrons. The third-order valence-electron chi connectivity index (χ3n) is 4.38. The first kappa shape index (κ1) is 14.7. The number of nitrogens with zero attached hydrogens (tertiary/aromatic N) is 2. The fraction of sp³-hybridized carbons (Fsp3) is 0.158. The fourth-order valence-electron chi connectivity index (χ4n) is 3.01. The van der Waals surface area contributed by atoms with E-state index in [1.165, 1.54) is 5.56 Å². The van der Waals surface area contributed by atoms with E-state index in [1.807, 2.05) is 31.7 Å². The molecule has 24 heavy (non-hydrogen) atoms. The highest BCUT2D eigenvalue weighted by molar-refractivity contribution is 5.88. The van der Waals surface area contributed by atoms with Crippen LogP contribution >= 0.6 is 0 Å². The van der Waals surface area contributed by atoms with Crippen molar-refractivity contribution in [1.82, 2.24) is 15.5 Å². The number of aliphatic imine (C=N–C) groups is 1. The van der Waals surface area contributed by atoms with Crippen molar-refractivity contribution in [2.75, 3.05) is 12.4 Å². The number of hydrogen-bond acceptors (Lipinski definition) is 4. The van der Waals surface area contributed by atoms with Gasteiger partial charge in [0, 0.05) is 24.4 Å². The summed E-state index contributed by atoms with van der Waals surface area (Å²) in [6, 6.07) is 16.6. The van der Waals surface area contributed by atoms with Crippen molar-refractivity contribution in [1.29, 1.82) is 0 Å². The summed E-state index contributed by atoms with van der Waals surface area (Å²) in [6.45, 7) is 0. The summed E-state index contributed by atoms with van der Waals surface area (Å²) in [5, 5.41) is 13.8. The van der Waals surface area contributed by atoms with Crippen LogP contribution in [0.4, 0.5) is 11.4 Å². The minimum atomic E-state index is -0.383. The van der Waals surface area contributed by atoms with E-state index in [0.717, 1.165) is 28.9 Å². The van der Waals surface area contributed by atoms with Crippen molar-refractivity contribution in [3.05, 3.63) is 66.5 Å². The lowest BCUT2D eigenvalue weighted by atomic mass is 9.97. The Bertz CT molecular complexity index is 855. The molecule has 0 saturated heterocycles. The van der Waals surface area contributed by atoms with E-state index in [9.17, 15) is 0 Å². The van der Waals surface area contributed by atoms with Crippen LogP contribution in [0.25, 0.3) is 11.1 Å². The van der Waals surface area contributed by atoms with E-state index >= 15 is 0 Å². The first-order valence-electron chi connectivity index (χ1n) is 7.97. The van der Waals surface area contributed by atoms with Crippen molar-refractivity contribution in [2.24, 2.45) is 4.99 Å². The maximum absolute atomic E-state index is 4.70. The molecule has 1 aliphatic rings. The Morgan fingerprint density at radius 1 is 1.08 bits per heavy atom. The average molecular weight is 317 g/mol. The van der Waals surface area contributed by atoms with E-state index in [0.29, 0.717) is 0 Å². The van der Waals surface area contributed by atoms with Gasteiger partial charge in [-0.2, -0.15) is 5.10 Å². The third-order valence-corrected chi connectivity index (χ3v) is 4.38. The van der Waals surface area contributed by atoms with Crippen LogP contribution in [0.2, 0.25) is 0 Å². The van der Waals surface area contributed by atoms with Gasteiger partial charge in [0.2, 0.25) is 0 Å². The standard InChI is InChI=1S/C19H19N5/c1-20-19(10-14-5-3-2-4-6-14)13-21-18-9-15(7-8-17(18)24-19)16-11-22-23-12-16/h2-9,11-13,20,24H,10H2,1H3,(H,22,23). The van der Waals surface area contributed by atoms with Gasteiger partial charge in [-0.05, 0) is 30.3 Å². The molecular formula is C19H19N5. The Labute approximate surface area is 140 Å². The van der Waals surface area contributed by atoms with Crippen molar-refractivity contribution in [3.63, 3.8) is 0 Å². The Morgan fingerprint density at radius 3 is 2.71 bits per heavy atom. The van der Waals surface area contributed by atoms with Gasteiger partial charge in [0.25, 0.3) is 0 Å². The molecule has 2 heterocycles. The number of rotatable bonds is 4. The van der Waals surface area contributed by atoms with Crippen LogP contribution in [0.15, 0.2) is 65.9 Å². The number of aromatic amines is 1. The molecule has 0 spiro atoms. The predicted molar refractivity (Wildman–Crippen MR) is 97.7 cm³/mol. The second-order valence-corrected chi connectivity index (χ2v) is 5.99. The molecule has 1 aliphatic heterocycles. The first-order chi connectivity index (χ1) is 11.8. The van der Waals surface area contributed by atoms with Crippen LogP contribution in [0.3, 0.4) is 0 Å². The minimum Gasteiger partial charge on any atom is -0.361 e. The summed E-state index contributed by atoms with van der Waals surface area (Å²) >= 11 is 0. The zero-order chi connectivity index (χ0) is 16.4. The number of fused-ring (bicyclic) bond motifs is 1. The molecule has 1 aromatic heterocycles. The highest BCUT2D eigenvalue weighted by atomic mass is 15.2. The van der Waals surface area contributed by atoms with Crippen LogP contribution in [0.5, 0.6) is 0 Å². The molecule has 0 fully saturated rings. The highest BCUT2D eigenvalue weighted by Gasteiger charge is 2.30. The first-order valence-corrected chi connectivity index (χ1v) is 7.97. The number of likely N-dealkylation sites (N-methyl/N-ethyl adjacent to an activating group) is 1. The van der Waals surface area contributed by atoms with Crippen LogP contribution in [-0.2, 0) is 6.42 Å². The lowest BCUT2D eigenvalue weighted by Gasteiger charge is -2.35. The van der Waals surface area contributed by atoms with Gasteiger partial charge in [-0.25, -0.2) is 0 Å². The molecule has 0 aliphatic carbocycles. The lowest BCUT2D eigenvalue weighted by molar-refractivity contribution is 0.532. The second kappa shape index (κ2) is 5.94. The fourth-order valence-corrected chi connectivity index (χ4v) is 3.01. The Kier molecular flexibility index (Phi) is 3.63. The summed E-state index contributed by atoms with van der Waals surface area (Å²) in [7, 11) is 1.95. The van der Waals surface area contributed by atoms with Gasteiger partial charge in [0.15, 0.2) is 0 Å². The third kappa shape index (κ3) is 2.70. The van der Waals surface area contributed by atoms with Gasteiger partial charge in [0.05, 0.1) is 17.6 Å². The molecule has 1 unspecified atom stereocenters. The number of anilines is 1. The molecule has 5 heteroatoms. The van der Waals surface area contributed by atoms with E-state index in [2.05, 4.69) is 63.3 Å². The van der Waals surface area contributed by atoms with Crippen molar-refractivity contribution >= 4 is 17.6 Å². The number of aromatic nitrogens is 2. The van der Waals surface area contributed by atoms with Gasteiger partial charge in [-0.15, -0.1) is 0 Å². The molecule has 0 bridgehead atoms. The van der Waals surface area contributed by atoms with Gasteiger partial charge < -0.3 is 5.32 Å².